The molecule has 1 saturated heterocycles. The van der Waals surface area contributed by atoms with Crippen molar-refractivity contribution in [2.45, 2.75) is 24.7 Å². The summed E-state index contributed by atoms with van der Waals surface area (Å²) in [5.41, 5.74) is 0.0690. The third-order valence-electron chi connectivity index (χ3n) is 3.54. The summed E-state index contributed by atoms with van der Waals surface area (Å²) in [6.07, 6.45) is -3.01. The molecule has 1 amide bonds. The Morgan fingerprint density at radius 3 is 2.74 bits per heavy atom. The summed E-state index contributed by atoms with van der Waals surface area (Å²) in [7, 11) is 1.53. The van der Waals surface area contributed by atoms with Crippen molar-refractivity contribution in [2.24, 2.45) is 0 Å². The molecule has 0 spiro atoms. The number of aliphatic hydroxyl groups excluding tert-OH is 1. The molecule has 1 aliphatic rings. The van der Waals surface area contributed by atoms with Gasteiger partial charge in [0, 0.05) is 13.7 Å². The second-order valence-corrected chi connectivity index (χ2v) is 5.17. The molecule has 0 bridgehead atoms. The van der Waals surface area contributed by atoms with E-state index in [1.807, 2.05) is 0 Å². The minimum Gasteiger partial charge on any atom is -0.483 e. The van der Waals surface area contributed by atoms with Gasteiger partial charge in [-0.15, -0.1) is 0 Å². The highest BCUT2D eigenvalue weighted by Gasteiger charge is 2.35. The van der Waals surface area contributed by atoms with Crippen molar-refractivity contribution in [3.8, 4) is 5.75 Å². The first-order chi connectivity index (χ1) is 10.8. The standard InChI is InChI=1S/C14H17F3N2O4/c1-22-11-4-9(7-20)19(6-11)13(21)12-3-2-10(5-18-12)23-8-14(15,16)17/h2-3,5,9,11,20H,4,6-8H2,1H3/t9-,11+/m0/s1. The molecule has 6 nitrogen and oxygen atoms in total. The maximum absolute atomic E-state index is 12.4. The largest absolute Gasteiger partial charge is 0.483 e. The Morgan fingerprint density at radius 2 is 2.22 bits per heavy atom. The molecule has 128 valence electrons. The number of carbonyl (C=O) groups excluding carboxylic acids is 1. The highest BCUT2D eigenvalue weighted by molar-refractivity contribution is 5.92. The first-order valence-corrected chi connectivity index (χ1v) is 6.94. The Balaban J connectivity index is 2.02. The SMILES string of the molecule is CO[C@@H]1C[C@@H](CO)N(C(=O)c2ccc(OCC(F)(F)F)cn2)C1. The Morgan fingerprint density at radius 1 is 1.48 bits per heavy atom. The summed E-state index contributed by atoms with van der Waals surface area (Å²) >= 11 is 0. The average Bonchev–Trinajstić information content (AvgIpc) is 2.95. The number of alkyl halides is 3. The van der Waals surface area contributed by atoms with Gasteiger partial charge >= 0.3 is 6.18 Å². The molecule has 9 heteroatoms. The number of aromatic nitrogens is 1. The third-order valence-corrected chi connectivity index (χ3v) is 3.54. The van der Waals surface area contributed by atoms with Crippen LogP contribution in [0.25, 0.3) is 0 Å². The maximum Gasteiger partial charge on any atom is 0.422 e. The van der Waals surface area contributed by atoms with Crippen molar-refractivity contribution in [1.29, 1.82) is 0 Å². The van der Waals surface area contributed by atoms with Crippen LogP contribution in [0.3, 0.4) is 0 Å². The van der Waals surface area contributed by atoms with Crippen LogP contribution >= 0.6 is 0 Å². The molecule has 2 rings (SSSR count). The number of amides is 1. The van der Waals surface area contributed by atoms with Crippen LogP contribution < -0.4 is 4.74 Å². The highest BCUT2D eigenvalue weighted by Crippen LogP contribution is 2.23. The van der Waals surface area contributed by atoms with Crippen molar-refractivity contribution < 1.29 is 32.5 Å². The van der Waals surface area contributed by atoms with Gasteiger partial charge in [-0.2, -0.15) is 13.2 Å². The Kier molecular flexibility index (Phi) is 5.42. The minimum atomic E-state index is -4.44. The lowest BCUT2D eigenvalue weighted by Gasteiger charge is -2.22. The molecule has 1 aromatic heterocycles. The number of hydrogen-bond acceptors (Lipinski definition) is 5. The van der Waals surface area contributed by atoms with Gasteiger partial charge in [-0.3, -0.25) is 4.79 Å². The summed E-state index contributed by atoms with van der Waals surface area (Å²) in [5.74, 6) is -0.486. The molecule has 2 heterocycles. The van der Waals surface area contributed by atoms with Gasteiger partial charge in [0.2, 0.25) is 0 Å². The van der Waals surface area contributed by atoms with Crippen LogP contribution in [-0.4, -0.2) is 66.1 Å². The predicted molar refractivity (Wildman–Crippen MR) is 73.1 cm³/mol. The zero-order valence-electron chi connectivity index (χ0n) is 12.4. The number of hydrogen-bond donors (Lipinski definition) is 1. The van der Waals surface area contributed by atoms with Crippen molar-refractivity contribution in [2.75, 3.05) is 26.9 Å². The fourth-order valence-corrected chi connectivity index (χ4v) is 2.37. The minimum absolute atomic E-state index is 0.0690. The number of rotatable bonds is 5. The van der Waals surface area contributed by atoms with Gasteiger partial charge in [0.15, 0.2) is 6.61 Å². The van der Waals surface area contributed by atoms with Crippen molar-refractivity contribution in [3.63, 3.8) is 0 Å². The number of nitrogens with zero attached hydrogens (tertiary/aromatic N) is 2. The van der Waals surface area contributed by atoms with E-state index in [1.54, 1.807) is 0 Å². The van der Waals surface area contributed by atoms with E-state index in [0.29, 0.717) is 13.0 Å². The Labute approximate surface area is 130 Å². The molecular formula is C14H17F3N2O4. The van der Waals surface area contributed by atoms with Gasteiger partial charge in [0.25, 0.3) is 5.91 Å². The summed E-state index contributed by atoms with van der Waals surface area (Å²) in [6.45, 7) is -1.29. The molecule has 0 radical (unpaired) electrons. The van der Waals surface area contributed by atoms with Gasteiger partial charge in [-0.25, -0.2) is 4.98 Å². The molecule has 0 saturated carbocycles. The number of halogens is 3. The number of carbonyl (C=O) groups is 1. The predicted octanol–water partition coefficient (Wildman–Crippen LogP) is 1.24. The molecule has 1 aromatic rings. The zero-order chi connectivity index (χ0) is 17.0. The van der Waals surface area contributed by atoms with Crippen LogP contribution in [0.2, 0.25) is 0 Å². The molecule has 1 aliphatic heterocycles. The number of ether oxygens (including phenoxy) is 2. The monoisotopic (exact) mass is 334 g/mol. The van der Waals surface area contributed by atoms with Crippen LogP contribution in [-0.2, 0) is 4.74 Å². The molecule has 2 atom stereocenters. The van der Waals surface area contributed by atoms with E-state index in [0.717, 1.165) is 6.20 Å². The molecule has 0 aromatic carbocycles. The van der Waals surface area contributed by atoms with Gasteiger partial charge in [0.1, 0.15) is 11.4 Å². The summed E-state index contributed by atoms with van der Waals surface area (Å²) in [4.78, 5) is 17.7. The van der Waals surface area contributed by atoms with E-state index in [2.05, 4.69) is 9.72 Å². The van der Waals surface area contributed by atoms with Gasteiger partial charge in [-0.05, 0) is 18.6 Å². The van der Waals surface area contributed by atoms with E-state index < -0.39 is 18.7 Å². The van der Waals surface area contributed by atoms with E-state index in [1.165, 1.54) is 24.1 Å². The zero-order valence-corrected chi connectivity index (χ0v) is 12.4. The normalized spacial score (nSPS) is 21.5. The summed E-state index contributed by atoms with van der Waals surface area (Å²) in [5, 5.41) is 9.34. The first kappa shape index (κ1) is 17.5. The third kappa shape index (κ3) is 4.55. The van der Waals surface area contributed by atoms with E-state index in [4.69, 9.17) is 4.74 Å². The van der Waals surface area contributed by atoms with Gasteiger partial charge in [-0.1, -0.05) is 0 Å². The number of aliphatic hydroxyl groups is 1. The van der Waals surface area contributed by atoms with Crippen molar-refractivity contribution in [3.05, 3.63) is 24.0 Å². The van der Waals surface area contributed by atoms with Crippen LogP contribution in [0, 0.1) is 0 Å². The highest BCUT2D eigenvalue weighted by atomic mass is 19.4. The quantitative estimate of drug-likeness (QED) is 0.877. The fourth-order valence-electron chi connectivity index (χ4n) is 2.37. The Bertz CT molecular complexity index is 536. The number of likely N-dealkylation sites (tertiary alicyclic amines) is 1. The molecular weight excluding hydrogens is 317 g/mol. The topological polar surface area (TPSA) is 71.9 Å². The molecule has 1 fully saturated rings. The second kappa shape index (κ2) is 7.14. The van der Waals surface area contributed by atoms with Crippen molar-refractivity contribution >= 4 is 5.91 Å². The molecule has 1 N–H and O–H groups in total. The maximum atomic E-state index is 12.4. The van der Waals surface area contributed by atoms with Crippen LogP contribution in [0.4, 0.5) is 13.2 Å². The lowest BCUT2D eigenvalue weighted by Crippen LogP contribution is -2.38. The molecule has 0 unspecified atom stereocenters. The van der Waals surface area contributed by atoms with E-state index >= 15 is 0 Å². The summed E-state index contributed by atoms with van der Waals surface area (Å²) in [6, 6.07) is 2.18. The van der Waals surface area contributed by atoms with Gasteiger partial charge in [0.05, 0.1) is 24.9 Å². The lowest BCUT2D eigenvalue weighted by atomic mass is 10.2. The van der Waals surface area contributed by atoms with Crippen molar-refractivity contribution in [1.82, 2.24) is 9.88 Å². The van der Waals surface area contributed by atoms with Crippen LogP contribution in [0.15, 0.2) is 18.3 Å². The summed E-state index contributed by atoms with van der Waals surface area (Å²) < 4.78 is 45.9. The fraction of sp³-hybridized carbons (Fsp3) is 0.571. The van der Waals surface area contributed by atoms with Crippen LogP contribution in [0.1, 0.15) is 16.9 Å². The van der Waals surface area contributed by atoms with Crippen LogP contribution in [0.5, 0.6) is 5.75 Å². The average molecular weight is 334 g/mol. The Hall–Kier alpha value is -1.87. The smallest absolute Gasteiger partial charge is 0.422 e. The molecule has 23 heavy (non-hydrogen) atoms. The van der Waals surface area contributed by atoms with E-state index in [9.17, 15) is 23.1 Å². The van der Waals surface area contributed by atoms with E-state index in [-0.39, 0.29) is 30.2 Å². The first-order valence-electron chi connectivity index (χ1n) is 6.94. The number of methoxy groups -OCH3 is 1. The molecule has 0 aliphatic carbocycles. The number of pyridine rings is 1. The lowest BCUT2D eigenvalue weighted by molar-refractivity contribution is -0.153. The van der Waals surface area contributed by atoms with Gasteiger partial charge < -0.3 is 19.5 Å². The second-order valence-electron chi connectivity index (χ2n) is 5.17.